The van der Waals surface area contributed by atoms with Crippen molar-refractivity contribution in [3.05, 3.63) is 64.7 Å². The van der Waals surface area contributed by atoms with Gasteiger partial charge in [0.25, 0.3) is 0 Å². The van der Waals surface area contributed by atoms with E-state index in [0.717, 1.165) is 6.07 Å². The summed E-state index contributed by atoms with van der Waals surface area (Å²) in [5, 5.41) is 9.92. The number of rotatable bonds is 3. The summed E-state index contributed by atoms with van der Waals surface area (Å²) in [5.41, 5.74) is -0.816. The molecule has 2 aromatic carbocycles. The molecule has 0 aliphatic carbocycles. The third-order valence-electron chi connectivity index (χ3n) is 2.81. The Morgan fingerprint density at radius 2 is 1.55 bits per heavy atom. The maximum Gasteiger partial charge on any atom is 0.165 e. The second-order valence-corrected chi connectivity index (χ2v) is 4.08. The van der Waals surface area contributed by atoms with Crippen LogP contribution >= 0.6 is 0 Å². The Kier molecular flexibility index (Phi) is 3.94. The minimum atomic E-state index is -1.75. The van der Waals surface area contributed by atoms with Crippen LogP contribution in [-0.4, -0.2) is 12.2 Å². The van der Waals surface area contributed by atoms with Crippen molar-refractivity contribution in [1.29, 1.82) is 0 Å². The summed E-state index contributed by atoms with van der Waals surface area (Å²) < 4.78 is 58.1. The Hall–Kier alpha value is -2.08. The molecule has 0 spiro atoms. The van der Waals surface area contributed by atoms with E-state index >= 15 is 0 Å². The Bertz CT molecular complexity index is 620. The lowest BCUT2D eigenvalue weighted by Crippen LogP contribution is -2.07. The molecule has 0 saturated heterocycles. The van der Waals surface area contributed by atoms with Crippen LogP contribution in [0.3, 0.4) is 0 Å². The number of hydrogen-bond donors (Lipinski definition) is 1. The van der Waals surface area contributed by atoms with Crippen molar-refractivity contribution in [2.24, 2.45) is 0 Å². The molecular weight excluding hydrogens is 276 g/mol. The zero-order valence-electron chi connectivity index (χ0n) is 10.3. The summed E-state index contributed by atoms with van der Waals surface area (Å²) in [7, 11) is 1.26. The lowest BCUT2D eigenvalue weighted by molar-refractivity contribution is 0.208. The molecule has 1 atom stereocenters. The molecule has 0 aliphatic heterocycles. The molecule has 20 heavy (non-hydrogen) atoms. The van der Waals surface area contributed by atoms with E-state index in [1.54, 1.807) is 0 Å². The molecule has 106 valence electrons. The largest absolute Gasteiger partial charge is 0.494 e. The second-order valence-electron chi connectivity index (χ2n) is 4.08. The zero-order valence-corrected chi connectivity index (χ0v) is 10.3. The van der Waals surface area contributed by atoms with Crippen molar-refractivity contribution in [3.8, 4) is 5.75 Å². The van der Waals surface area contributed by atoms with Crippen molar-refractivity contribution < 1.29 is 27.4 Å². The van der Waals surface area contributed by atoms with E-state index in [1.165, 1.54) is 19.2 Å². The molecule has 2 rings (SSSR count). The molecule has 0 heterocycles. The van der Waals surface area contributed by atoms with Gasteiger partial charge in [0.1, 0.15) is 23.6 Å². The van der Waals surface area contributed by atoms with Crippen LogP contribution in [0, 0.1) is 23.3 Å². The quantitative estimate of drug-likeness (QED) is 0.877. The van der Waals surface area contributed by atoms with Gasteiger partial charge in [0, 0.05) is 12.1 Å². The van der Waals surface area contributed by atoms with Gasteiger partial charge in [-0.05, 0) is 17.7 Å². The highest BCUT2D eigenvalue weighted by Crippen LogP contribution is 2.29. The van der Waals surface area contributed by atoms with Gasteiger partial charge in [-0.3, -0.25) is 0 Å². The molecule has 2 nitrogen and oxygen atoms in total. The minimum Gasteiger partial charge on any atom is -0.494 e. The van der Waals surface area contributed by atoms with E-state index in [4.69, 9.17) is 4.74 Å². The monoisotopic (exact) mass is 286 g/mol. The van der Waals surface area contributed by atoms with Crippen molar-refractivity contribution in [2.45, 2.75) is 6.10 Å². The fourth-order valence-electron chi connectivity index (χ4n) is 1.83. The highest BCUT2D eigenvalue weighted by molar-refractivity contribution is 5.36. The van der Waals surface area contributed by atoms with Crippen LogP contribution in [0.4, 0.5) is 17.6 Å². The van der Waals surface area contributed by atoms with Gasteiger partial charge < -0.3 is 9.84 Å². The van der Waals surface area contributed by atoms with Gasteiger partial charge in [-0.2, -0.15) is 0 Å². The molecule has 0 saturated carbocycles. The Morgan fingerprint density at radius 1 is 0.950 bits per heavy atom. The van der Waals surface area contributed by atoms with Crippen LogP contribution in [0.5, 0.6) is 5.75 Å². The SMILES string of the molecule is COc1ccc(C(O)c2c(F)cc(F)cc2F)cc1F. The van der Waals surface area contributed by atoms with E-state index in [1.807, 2.05) is 0 Å². The second kappa shape index (κ2) is 5.50. The average Bonchev–Trinajstić information content (AvgIpc) is 2.37. The first-order valence-corrected chi connectivity index (χ1v) is 5.60. The summed E-state index contributed by atoms with van der Waals surface area (Å²) in [6.45, 7) is 0. The van der Waals surface area contributed by atoms with Gasteiger partial charge in [-0.15, -0.1) is 0 Å². The number of ether oxygens (including phenoxy) is 1. The lowest BCUT2D eigenvalue weighted by atomic mass is 10.00. The van der Waals surface area contributed by atoms with Gasteiger partial charge in [0.2, 0.25) is 0 Å². The van der Waals surface area contributed by atoms with E-state index in [0.29, 0.717) is 12.1 Å². The number of methoxy groups -OCH3 is 1. The van der Waals surface area contributed by atoms with Gasteiger partial charge in [0.15, 0.2) is 11.6 Å². The zero-order chi connectivity index (χ0) is 14.9. The van der Waals surface area contributed by atoms with Crippen molar-refractivity contribution in [1.82, 2.24) is 0 Å². The molecule has 0 amide bonds. The summed E-state index contributed by atoms with van der Waals surface area (Å²) >= 11 is 0. The molecule has 6 heteroatoms. The van der Waals surface area contributed by atoms with Crippen molar-refractivity contribution in [3.63, 3.8) is 0 Å². The van der Waals surface area contributed by atoms with E-state index in [2.05, 4.69) is 0 Å². The number of hydrogen-bond acceptors (Lipinski definition) is 2. The molecule has 0 bridgehead atoms. The van der Waals surface area contributed by atoms with Crippen LogP contribution in [0.25, 0.3) is 0 Å². The normalized spacial score (nSPS) is 12.3. The number of halogens is 4. The Balaban J connectivity index is 2.46. The van der Waals surface area contributed by atoms with Crippen molar-refractivity contribution >= 4 is 0 Å². The summed E-state index contributed by atoms with van der Waals surface area (Å²) in [4.78, 5) is 0. The highest BCUT2D eigenvalue weighted by Gasteiger charge is 2.22. The minimum absolute atomic E-state index is 0.0685. The molecule has 0 fully saturated rings. The molecule has 0 aromatic heterocycles. The predicted molar refractivity (Wildman–Crippen MR) is 63.3 cm³/mol. The first-order valence-electron chi connectivity index (χ1n) is 5.60. The van der Waals surface area contributed by atoms with Gasteiger partial charge in [-0.1, -0.05) is 6.07 Å². The van der Waals surface area contributed by atoms with E-state index in [9.17, 15) is 22.7 Å². The third-order valence-corrected chi connectivity index (χ3v) is 2.81. The highest BCUT2D eigenvalue weighted by atomic mass is 19.1. The van der Waals surface area contributed by atoms with Crippen LogP contribution in [0.1, 0.15) is 17.2 Å². The summed E-state index contributed by atoms with van der Waals surface area (Å²) in [5.74, 6) is -4.44. The predicted octanol–water partition coefficient (Wildman–Crippen LogP) is 3.33. The standard InChI is InChI=1S/C14H10F4O2/c1-20-12-3-2-7(4-9(12)16)14(19)13-10(17)5-8(15)6-11(13)18/h2-6,14,19H,1H3. The van der Waals surface area contributed by atoms with Crippen LogP contribution in [0.2, 0.25) is 0 Å². The maximum atomic E-state index is 13.5. The molecule has 0 aliphatic rings. The number of aliphatic hydroxyl groups is 1. The van der Waals surface area contributed by atoms with Gasteiger partial charge >= 0.3 is 0 Å². The topological polar surface area (TPSA) is 29.5 Å². The fourth-order valence-corrected chi connectivity index (χ4v) is 1.83. The Morgan fingerprint density at radius 3 is 2.05 bits per heavy atom. The summed E-state index contributed by atoms with van der Waals surface area (Å²) in [6.07, 6.45) is -1.75. The molecule has 2 aromatic rings. The smallest absolute Gasteiger partial charge is 0.165 e. The van der Waals surface area contributed by atoms with Crippen LogP contribution < -0.4 is 4.74 Å². The summed E-state index contributed by atoms with van der Waals surface area (Å²) in [6, 6.07) is 4.26. The Labute approximate surface area is 112 Å². The van der Waals surface area contributed by atoms with Crippen LogP contribution in [0.15, 0.2) is 30.3 Å². The lowest BCUT2D eigenvalue weighted by Gasteiger charge is -2.14. The first kappa shape index (κ1) is 14.3. The number of benzene rings is 2. The third kappa shape index (κ3) is 2.60. The van der Waals surface area contributed by atoms with Crippen molar-refractivity contribution in [2.75, 3.05) is 7.11 Å². The van der Waals surface area contributed by atoms with E-state index in [-0.39, 0.29) is 11.3 Å². The maximum absolute atomic E-state index is 13.5. The number of aliphatic hydroxyl groups excluding tert-OH is 1. The van der Waals surface area contributed by atoms with Crippen LogP contribution in [-0.2, 0) is 0 Å². The fraction of sp³-hybridized carbons (Fsp3) is 0.143. The van der Waals surface area contributed by atoms with E-state index < -0.39 is 34.9 Å². The first-order chi connectivity index (χ1) is 9.43. The van der Waals surface area contributed by atoms with Gasteiger partial charge in [0.05, 0.1) is 12.7 Å². The molecule has 1 N–H and O–H groups in total. The molecular formula is C14H10F4O2. The van der Waals surface area contributed by atoms with Gasteiger partial charge in [-0.25, -0.2) is 17.6 Å². The average molecular weight is 286 g/mol. The molecule has 1 unspecified atom stereocenters. The molecule has 0 radical (unpaired) electrons.